The van der Waals surface area contributed by atoms with E-state index in [1.807, 2.05) is 42.2 Å². The molecule has 0 N–H and O–H groups in total. The number of nitrogens with zero attached hydrogens (tertiary/aromatic N) is 3. The van der Waals surface area contributed by atoms with Crippen molar-refractivity contribution in [2.45, 2.75) is 38.0 Å². The van der Waals surface area contributed by atoms with Crippen LogP contribution in [-0.4, -0.2) is 73.7 Å². The van der Waals surface area contributed by atoms with Gasteiger partial charge in [-0.2, -0.15) is 4.31 Å². The average Bonchev–Trinajstić information content (AvgIpc) is 2.68. The Morgan fingerprint density at radius 3 is 2.19 bits per heavy atom. The molecule has 1 amide bonds. The SMILES string of the molecule is C[C@@H](C(=O)N1CCCCC1)N1CCN(S(=O)(=O)Cc2ccccc2)CC1. The van der Waals surface area contributed by atoms with E-state index in [0.29, 0.717) is 26.2 Å². The van der Waals surface area contributed by atoms with Crippen molar-refractivity contribution in [2.75, 3.05) is 39.3 Å². The van der Waals surface area contributed by atoms with Gasteiger partial charge in [0.1, 0.15) is 0 Å². The van der Waals surface area contributed by atoms with E-state index in [4.69, 9.17) is 0 Å². The minimum Gasteiger partial charge on any atom is -0.341 e. The highest BCUT2D eigenvalue weighted by molar-refractivity contribution is 7.88. The Bertz CT molecular complexity index is 694. The van der Waals surface area contributed by atoms with Crippen molar-refractivity contribution in [3.05, 3.63) is 35.9 Å². The van der Waals surface area contributed by atoms with Gasteiger partial charge < -0.3 is 4.90 Å². The molecule has 26 heavy (non-hydrogen) atoms. The summed E-state index contributed by atoms with van der Waals surface area (Å²) in [6.07, 6.45) is 3.38. The van der Waals surface area contributed by atoms with Crippen LogP contribution in [0.1, 0.15) is 31.7 Å². The molecule has 6 nitrogen and oxygen atoms in total. The van der Waals surface area contributed by atoms with Gasteiger partial charge in [-0.25, -0.2) is 8.42 Å². The van der Waals surface area contributed by atoms with E-state index in [9.17, 15) is 13.2 Å². The van der Waals surface area contributed by atoms with Crippen molar-refractivity contribution in [1.82, 2.24) is 14.1 Å². The molecule has 0 aromatic heterocycles. The van der Waals surface area contributed by atoms with Gasteiger partial charge in [0.25, 0.3) is 0 Å². The Labute approximate surface area is 156 Å². The average molecular weight is 380 g/mol. The number of hydrogen-bond donors (Lipinski definition) is 0. The van der Waals surface area contributed by atoms with Crippen LogP contribution in [0.25, 0.3) is 0 Å². The zero-order valence-corrected chi connectivity index (χ0v) is 16.3. The molecular weight excluding hydrogens is 350 g/mol. The second kappa shape index (κ2) is 8.50. The second-order valence-corrected chi connectivity index (χ2v) is 9.21. The van der Waals surface area contributed by atoms with Gasteiger partial charge in [-0.15, -0.1) is 0 Å². The molecule has 2 aliphatic rings. The molecule has 2 fully saturated rings. The number of carbonyl (C=O) groups is 1. The topological polar surface area (TPSA) is 60.9 Å². The molecule has 1 atom stereocenters. The van der Waals surface area contributed by atoms with E-state index < -0.39 is 10.0 Å². The van der Waals surface area contributed by atoms with Gasteiger partial charge >= 0.3 is 0 Å². The zero-order valence-electron chi connectivity index (χ0n) is 15.5. The van der Waals surface area contributed by atoms with Crippen LogP contribution in [-0.2, 0) is 20.6 Å². The first-order valence-corrected chi connectivity index (χ1v) is 11.1. The Balaban J connectivity index is 1.54. The van der Waals surface area contributed by atoms with Crippen LogP contribution in [0.15, 0.2) is 30.3 Å². The molecule has 0 saturated carbocycles. The molecular formula is C19H29N3O3S. The van der Waals surface area contributed by atoms with Crippen molar-refractivity contribution in [3.8, 4) is 0 Å². The lowest BCUT2D eigenvalue weighted by Gasteiger charge is -2.39. The maximum absolute atomic E-state index is 12.7. The number of hydrogen-bond acceptors (Lipinski definition) is 4. The molecule has 0 spiro atoms. The Kier molecular flexibility index (Phi) is 6.32. The van der Waals surface area contributed by atoms with Crippen molar-refractivity contribution in [2.24, 2.45) is 0 Å². The summed E-state index contributed by atoms with van der Waals surface area (Å²) in [6.45, 7) is 5.78. The van der Waals surface area contributed by atoms with Gasteiger partial charge in [-0.1, -0.05) is 30.3 Å². The van der Waals surface area contributed by atoms with Crippen LogP contribution in [0.5, 0.6) is 0 Å². The van der Waals surface area contributed by atoms with E-state index in [1.54, 1.807) is 4.31 Å². The van der Waals surface area contributed by atoms with Crippen LogP contribution in [0, 0.1) is 0 Å². The first-order chi connectivity index (χ1) is 12.5. The van der Waals surface area contributed by atoms with Crippen LogP contribution >= 0.6 is 0 Å². The highest BCUT2D eigenvalue weighted by atomic mass is 32.2. The van der Waals surface area contributed by atoms with Gasteiger partial charge in [-0.05, 0) is 31.7 Å². The Morgan fingerprint density at radius 2 is 1.58 bits per heavy atom. The number of piperidine rings is 1. The number of carbonyl (C=O) groups excluding carboxylic acids is 1. The molecule has 1 aromatic carbocycles. The minimum absolute atomic E-state index is 0.0378. The lowest BCUT2D eigenvalue weighted by molar-refractivity contribution is -0.137. The van der Waals surface area contributed by atoms with Crippen molar-refractivity contribution >= 4 is 15.9 Å². The van der Waals surface area contributed by atoms with Gasteiger partial charge in [0.15, 0.2) is 0 Å². The van der Waals surface area contributed by atoms with Crippen molar-refractivity contribution < 1.29 is 13.2 Å². The minimum atomic E-state index is -3.31. The van der Waals surface area contributed by atoms with Crippen LogP contribution in [0.3, 0.4) is 0 Å². The lowest BCUT2D eigenvalue weighted by Crippen LogP contribution is -2.56. The summed E-state index contributed by atoms with van der Waals surface area (Å²) >= 11 is 0. The normalized spacial score (nSPS) is 21.5. The smallest absolute Gasteiger partial charge is 0.239 e. The Hall–Kier alpha value is -1.44. The van der Waals surface area contributed by atoms with Gasteiger partial charge in [0, 0.05) is 39.3 Å². The summed E-state index contributed by atoms with van der Waals surface area (Å²) in [5, 5.41) is 0. The highest BCUT2D eigenvalue weighted by Gasteiger charge is 2.32. The van der Waals surface area contributed by atoms with E-state index in [-0.39, 0.29) is 17.7 Å². The van der Waals surface area contributed by atoms with Crippen LogP contribution in [0.2, 0.25) is 0 Å². The van der Waals surface area contributed by atoms with Crippen molar-refractivity contribution in [1.29, 1.82) is 0 Å². The summed E-state index contributed by atoms with van der Waals surface area (Å²) in [4.78, 5) is 16.8. The molecule has 3 rings (SSSR count). The number of rotatable bonds is 5. The summed E-state index contributed by atoms with van der Waals surface area (Å²) < 4.78 is 26.9. The second-order valence-electron chi connectivity index (χ2n) is 7.24. The predicted octanol–water partition coefficient (Wildman–Crippen LogP) is 1.54. The number of piperazine rings is 1. The summed E-state index contributed by atoms with van der Waals surface area (Å²) in [5.74, 6) is 0.223. The monoisotopic (exact) mass is 379 g/mol. The number of amides is 1. The first kappa shape index (κ1) is 19.3. The number of likely N-dealkylation sites (tertiary alicyclic amines) is 1. The third kappa shape index (κ3) is 4.64. The van der Waals surface area contributed by atoms with Gasteiger partial charge in [-0.3, -0.25) is 9.69 Å². The maximum Gasteiger partial charge on any atom is 0.239 e. The highest BCUT2D eigenvalue weighted by Crippen LogP contribution is 2.17. The standard InChI is InChI=1S/C19H29N3O3S/c1-17(19(23)21-10-6-3-7-11-21)20-12-14-22(15-13-20)26(24,25)16-18-8-4-2-5-9-18/h2,4-5,8-9,17H,3,6-7,10-16H2,1H3/t17-/m0/s1. The molecule has 144 valence electrons. The molecule has 2 aliphatic heterocycles. The quantitative estimate of drug-likeness (QED) is 0.779. The van der Waals surface area contributed by atoms with E-state index in [2.05, 4.69) is 4.90 Å². The van der Waals surface area contributed by atoms with Gasteiger partial charge in [0.2, 0.25) is 15.9 Å². The fraction of sp³-hybridized carbons (Fsp3) is 0.632. The number of benzene rings is 1. The molecule has 2 heterocycles. The fourth-order valence-electron chi connectivity index (χ4n) is 3.78. The fourth-order valence-corrected chi connectivity index (χ4v) is 5.30. The summed E-state index contributed by atoms with van der Waals surface area (Å²) in [5.41, 5.74) is 0.809. The first-order valence-electron chi connectivity index (χ1n) is 9.52. The van der Waals surface area contributed by atoms with E-state index in [0.717, 1.165) is 31.5 Å². The maximum atomic E-state index is 12.7. The third-order valence-corrected chi connectivity index (χ3v) is 7.28. The molecule has 0 bridgehead atoms. The molecule has 0 radical (unpaired) electrons. The van der Waals surface area contributed by atoms with Crippen molar-refractivity contribution in [3.63, 3.8) is 0 Å². The molecule has 0 unspecified atom stereocenters. The molecule has 0 aliphatic carbocycles. The van der Waals surface area contributed by atoms with Crippen LogP contribution < -0.4 is 0 Å². The molecule has 1 aromatic rings. The van der Waals surface area contributed by atoms with Crippen LogP contribution in [0.4, 0.5) is 0 Å². The summed E-state index contributed by atoms with van der Waals surface area (Å²) in [7, 11) is -3.31. The zero-order chi connectivity index (χ0) is 18.6. The largest absolute Gasteiger partial charge is 0.341 e. The lowest BCUT2D eigenvalue weighted by atomic mass is 10.1. The summed E-state index contributed by atoms with van der Waals surface area (Å²) in [6, 6.07) is 9.11. The van der Waals surface area contributed by atoms with E-state index >= 15 is 0 Å². The van der Waals surface area contributed by atoms with Gasteiger partial charge in [0.05, 0.1) is 11.8 Å². The predicted molar refractivity (Wildman–Crippen MR) is 102 cm³/mol. The van der Waals surface area contributed by atoms with E-state index in [1.165, 1.54) is 6.42 Å². The molecule has 7 heteroatoms. The Morgan fingerprint density at radius 1 is 0.962 bits per heavy atom. The third-order valence-electron chi connectivity index (χ3n) is 5.43. The number of sulfonamides is 1. The molecule has 2 saturated heterocycles.